The van der Waals surface area contributed by atoms with Crippen molar-refractivity contribution in [3.63, 3.8) is 0 Å². The number of hydrogen-bond donors (Lipinski definition) is 0. The van der Waals surface area contributed by atoms with Crippen LogP contribution in [0.15, 0.2) is 82.6 Å². The van der Waals surface area contributed by atoms with E-state index in [1.165, 1.54) is 8.61 Å². The molecule has 0 aliphatic carbocycles. The summed E-state index contributed by atoms with van der Waals surface area (Å²) >= 11 is 7.19. The number of alkyl halides is 2. The maximum Gasteiger partial charge on any atom is 0.264 e. The molecule has 0 saturated carbocycles. The van der Waals surface area contributed by atoms with Crippen molar-refractivity contribution in [1.82, 2.24) is 0 Å². The van der Waals surface area contributed by atoms with Crippen molar-refractivity contribution in [2.75, 3.05) is 21.7 Å². The van der Waals surface area contributed by atoms with E-state index in [1.807, 2.05) is 13.8 Å². The first-order valence-electron chi connectivity index (χ1n) is 10.6. The van der Waals surface area contributed by atoms with E-state index in [2.05, 4.69) is 31.9 Å². The Kier molecular flexibility index (Phi) is 7.15. The Morgan fingerprint density at radius 1 is 0.618 bits per heavy atom. The number of nitrogens with zero attached hydrogens (tertiary/aromatic N) is 2. The molecule has 0 fully saturated rings. The number of benzene rings is 3. The predicted molar refractivity (Wildman–Crippen MR) is 143 cm³/mol. The maximum absolute atomic E-state index is 13.8. The van der Waals surface area contributed by atoms with E-state index in [0.717, 1.165) is 11.1 Å². The van der Waals surface area contributed by atoms with Gasteiger partial charge in [-0.15, -0.1) is 0 Å². The highest BCUT2D eigenvalue weighted by molar-refractivity contribution is 9.12. The molecule has 180 valence electrons. The first-order chi connectivity index (χ1) is 16.0. The minimum Gasteiger partial charge on any atom is -0.263 e. The van der Waals surface area contributed by atoms with Gasteiger partial charge in [-0.2, -0.15) is 0 Å². The van der Waals surface area contributed by atoms with Crippen molar-refractivity contribution < 1.29 is 16.8 Å². The van der Waals surface area contributed by atoms with Gasteiger partial charge in [-0.05, 0) is 50.2 Å². The highest BCUT2D eigenvalue weighted by atomic mass is 79.9. The zero-order chi connectivity index (χ0) is 24.7. The molecule has 0 amide bonds. The Labute approximate surface area is 218 Å². The molecular weight excluding hydrogens is 604 g/mol. The number of sulfonamides is 2. The Balaban J connectivity index is 1.91. The van der Waals surface area contributed by atoms with Crippen LogP contribution >= 0.6 is 31.9 Å². The van der Waals surface area contributed by atoms with Gasteiger partial charge in [0.2, 0.25) is 0 Å². The van der Waals surface area contributed by atoms with Gasteiger partial charge in [0.15, 0.2) is 0 Å². The number of aryl methyl sites for hydroxylation is 2. The number of hydrogen-bond acceptors (Lipinski definition) is 4. The summed E-state index contributed by atoms with van der Waals surface area (Å²) in [7, 11) is -7.93. The lowest BCUT2D eigenvalue weighted by Gasteiger charge is -2.37. The first kappa shape index (κ1) is 25.2. The van der Waals surface area contributed by atoms with E-state index in [0.29, 0.717) is 11.4 Å². The van der Waals surface area contributed by atoms with Crippen LogP contribution in [0, 0.1) is 13.8 Å². The number of anilines is 2. The third kappa shape index (κ3) is 4.78. The van der Waals surface area contributed by atoms with Crippen molar-refractivity contribution in [3.05, 3.63) is 83.9 Å². The SMILES string of the molecule is Cc1ccc(S(=O)(=O)N2C[C@@H](Br)[C@H](Br)CN(S(=O)(=O)c3ccc(C)cc3)c3ccccc32)cc1. The largest absolute Gasteiger partial charge is 0.264 e. The van der Waals surface area contributed by atoms with Crippen LogP contribution in [0.5, 0.6) is 0 Å². The summed E-state index contributed by atoms with van der Waals surface area (Å²) in [5.41, 5.74) is 2.51. The zero-order valence-electron chi connectivity index (χ0n) is 18.6. The highest BCUT2D eigenvalue weighted by Gasteiger charge is 2.38. The van der Waals surface area contributed by atoms with Gasteiger partial charge in [-0.25, -0.2) is 16.8 Å². The van der Waals surface area contributed by atoms with Crippen LogP contribution in [0.1, 0.15) is 11.1 Å². The standard InChI is InChI=1S/C24H24Br2N2O4S2/c1-17-7-11-19(12-8-17)33(29,30)27-15-21(25)22(26)16-28(24-6-4-3-5-23(24)27)34(31,32)20-13-9-18(2)10-14-20/h3-14,21-22H,15-16H2,1-2H3/t21-,22-/m1/s1. The molecule has 1 heterocycles. The van der Waals surface area contributed by atoms with E-state index in [9.17, 15) is 16.8 Å². The van der Waals surface area contributed by atoms with E-state index in [4.69, 9.17) is 0 Å². The summed E-state index contributed by atoms with van der Waals surface area (Å²) < 4.78 is 57.6. The van der Waals surface area contributed by atoms with Crippen LogP contribution in [0.4, 0.5) is 11.4 Å². The summed E-state index contributed by atoms with van der Waals surface area (Å²) in [5.74, 6) is 0. The van der Waals surface area contributed by atoms with Crippen LogP contribution in [0.2, 0.25) is 0 Å². The average Bonchev–Trinajstić information content (AvgIpc) is 2.80. The Morgan fingerprint density at radius 3 is 1.26 bits per heavy atom. The molecule has 6 nitrogen and oxygen atoms in total. The fraction of sp³-hybridized carbons (Fsp3) is 0.250. The monoisotopic (exact) mass is 626 g/mol. The zero-order valence-corrected chi connectivity index (χ0v) is 23.4. The molecule has 0 unspecified atom stereocenters. The fourth-order valence-electron chi connectivity index (χ4n) is 3.76. The maximum atomic E-state index is 13.8. The topological polar surface area (TPSA) is 74.8 Å². The third-order valence-corrected chi connectivity index (χ3v) is 11.9. The molecule has 34 heavy (non-hydrogen) atoms. The minimum absolute atomic E-state index is 0.127. The highest BCUT2D eigenvalue weighted by Crippen LogP contribution is 2.40. The van der Waals surface area contributed by atoms with E-state index >= 15 is 0 Å². The quantitative estimate of drug-likeness (QED) is 0.371. The predicted octanol–water partition coefficient (Wildman–Crippen LogP) is 5.23. The van der Waals surface area contributed by atoms with Gasteiger partial charge in [0, 0.05) is 22.7 Å². The number of fused-ring (bicyclic) bond motifs is 1. The molecule has 1 aliphatic rings. The summed E-state index contributed by atoms with van der Waals surface area (Å²) in [6.45, 7) is 4.03. The second-order valence-electron chi connectivity index (χ2n) is 8.22. The molecule has 10 heteroatoms. The normalized spacial score (nSPS) is 19.3. The van der Waals surface area contributed by atoms with Crippen molar-refractivity contribution in [2.45, 2.75) is 33.3 Å². The Bertz CT molecular complexity index is 1290. The van der Waals surface area contributed by atoms with Crippen LogP contribution in [0.3, 0.4) is 0 Å². The number of halogens is 2. The van der Waals surface area contributed by atoms with Crippen molar-refractivity contribution in [1.29, 1.82) is 0 Å². The Morgan fingerprint density at radius 2 is 0.941 bits per heavy atom. The molecule has 3 aromatic carbocycles. The lowest BCUT2D eigenvalue weighted by Crippen LogP contribution is -2.47. The summed E-state index contributed by atoms with van der Waals surface area (Å²) in [4.78, 5) is -0.409. The Hall–Kier alpha value is -1.88. The van der Waals surface area contributed by atoms with Gasteiger partial charge in [-0.1, -0.05) is 79.4 Å². The molecule has 3 aromatic rings. The lowest BCUT2D eigenvalue weighted by atomic mass is 10.2. The van der Waals surface area contributed by atoms with Crippen LogP contribution in [-0.4, -0.2) is 39.6 Å². The molecule has 4 rings (SSSR count). The number of rotatable bonds is 4. The molecule has 0 bridgehead atoms. The molecule has 0 spiro atoms. The summed E-state index contributed by atoms with van der Waals surface area (Å²) in [6, 6.07) is 20.0. The van der Waals surface area contributed by atoms with Gasteiger partial charge in [-0.3, -0.25) is 8.61 Å². The molecule has 2 atom stereocenters. The van der Waals surface area contributed by atoms with Crippen LogP contribution < -0.4 is 8.61 Å². The van der Waals surface area contributed by atoms with Gasteiger partial charge < -0.3 is 0 Å². The van der Waals surface area contributed by atoms with Crippen LogP contribution in [-0.2, 0) is 20.0 Å². The van der Waals surface area contributed by atoms with Crippen molar-refractivity contribution >= 4 is 63.3 Å². The van der Waals surface area contributed by atoms with E-state index < -0.39 is 20.0 Å². The van der Waals surface area contributed by atoms with E-state index in [-0.39, 0.29) is 32.5 Å². The van der Waals surface area contributed by atoms with Gasteiger partial charge in [0.25, 0.3) is 20.0 Å². The number of para-hydroxylation sites is 2. The van der Waals surface area contributed by atoms with Crippen molar-refractivity contribution in [3.8, 4) is 0 Å². The van der Waals surface area contributed by atoms with E-state index in [1.54, 1.807) is 72.8 Å². The van der Waals surface area contributed by atoms with Gasteiger partial charge in [0.1, 0.15) is 0 Å². The average molecular weight is 628 g/mol. The lowest BCUT2D eigenvalue weighted by molar-refractivity contribution is 0.582. The summed E-state index contributed by atoms with van der Waals surface area (Å²) in [5, 5.41) is 0. The third-order valence-electron chi connectivity index (χ3n) is 5.71. The second-order valence-corrected chi connectivity index (χ2v) is 14.3. The fourth-order valence-corrected chi connectivity index (χ4v) is 8.06. The van der Waals surface area contributed by atoms with Gasteiger partial charge in [0.05, 0.1) is 21.2 Å². The minimum atomic E-state index is -3.97. The van der Waals surface area contributed by atoms with Crippen LogP contribution in [0.25, 0.3) is 0 Å². The molecule has 1 aliphatic heterocycles. The molecule has 0 aromatic heterocycles. The summed E-state index contributed by atoms with van der Waals surface area (Å²) in [6.07, 6.45) is 0. The second kappa shape index (κ2) is 9.64. The molecule has 0 N–H and O–H groups in total. The smallest absolute Gasteiger partial charge is 0.263 e. The molecular formula is C24H24Br2N2O4S2. The van der Waals surface area contributed by atoms with Crippen molar-refractivity contribution in [2.24, 2.45) is 0 Å². The van der Waals surface area contributed by atoms with Gasteiger partial charge >= 0.3 is 0 Å². The molecule has 0 saturated heterocycles. The first-order valence-corrected chi connectivity index (χ1v) is 15.3. The molecule has 0 radical (unpaired) electrons.